The van der Waals surface area contributed by atoms with Gasteiger partial charge in [0.25, 0.3) is 0 Å². The van der Waals surface area contributed by atoms with Crippen LogP contribution in [0.2, 0.25) is 0 Å². The first-order chi connectivity index (χ1) is 24.8. The van der Waals surface area contributed by atoms with E-state index in [0.29, 0.717) is 0 Å². The zero-order valence-electron chi connectivity index (χ0n) is 26.7. The van der Waals surface area contributed by atoms with E-state index >= 15 is 0 Å². The second kappa shape index (κ2) is 10.4. The zero-order chi connectivity index (χ0) is 32.8. The molecule has 232 valence electrons. The molecule has 50 heavy (non-hydrogen) atoms. The average Bonchev–Trinajstić information content (AvgIpc) is 3.75. The summed E-state index contributed by atoms with van der Waals surface area (Å²) in [5, 5.41) is 9.01. The molecule has 11 rings (SSSR count). The Morgan fingerprint density at radius 1 is 0.360 bits per heavy atom. The van der Waals surface area contributed by atoms with Crippen LogP contribution in [-0.4, -0.2) is 9.97 Å². The minimum Gasteiger partial charge on any atom is -0.455 e. The fourth-order valence-corrected chi connectivity index (χ4v) is 7.72. The summed E-state index contributed by atoms with van der Waals surface area (Å²) in [5.41, 5.74) is 11.4. The Labute approximate surface area is 285 Å². The van der Waals surface area contributed by atoms with Gasteiger partial charge in [-0.25, -0.2) is 4.98 Å². The molecule has 0 aliphatic rings. The molecule has 0 saturated carbocycles. The zero-order valence-corrected chi connectivity index (χ0v) is 26.7. The van der Waals surface area contributed by atoms with Crippen LogP contribution in [0.4, 0.5) is 0 Å². The average molecular weight is 639 g/mol. The number of aromatic nitrogens is 2. The van der Waals surface area contributed by atoms with E-state index in [1.165, 1.54) is 10.8 Å². The van der Waals surface area contributed by atoms with Crippen molar-refractivity contribution in [2.24, 2.45) is 0 Å². The predicted molar refractivity (Wildman–Crippen MR) is 205 cm³/mol. The monoisotopic (exact) mass is 638 g/mol. The lowest BCUT2D eigenvalue weighted by molar-refractivity contribution is 0.658. The Balaban J connectivity index is 0.998. The molecule has 0 aliphatic carbocycles. The highest BCUT2D eigenvalue weighted by Gasteiger charge is 2.21. The molecule has 4 nitrogen and oxygen atoms in total. The van der Waals surface area contributed by atoms with Gasteiger partial charge in [0.15, 0.2) is 0 Å². The Bertz CT molecular complexity index is 3010. The lowest BCUT2D eigenvalue weighted by Crippen LogP contribution is -1.92. The first kappa shape index (κ1) is 27.2. The number of rotatable bonds is 3. The van der Waals surface area contributed by atoms with Gasteiger partial charge >= 0.3 is 0 Å². The summed E-state index contributed by atoms with van der Waals surface area (Å²) in [7, 11) is 0. The van der Waals surface area contributed by atoms with Crippen molar-refractivity contribution in [3.63, 3.8) is 0 Å². The lowest BCUT2D eigenvalue weighted by atomic mass is 9.96. The molecule has 0 N–H and O–H groups in total. The third-order valence-electron chi connectivity index (χ3n) is 10.1. The number of para-hydroxylation sites is 2. The molecule has 0 unspecified atom stereocenters. The van der Waals surface area contributed by atoms with Crippen LogP contribution in [0.3, 0.4) is 0 Å². The molecule has 11 aromatic rings. The topological polar surface area (TPSA) is 52.1 Å². The molecule has 0 aliphatic heterocycles. The van der Waals surface area contributed by atoms with Gasteiger partial charge in [-0.15, -0.1) is 0 Å². The summed E-state index contributed by atoms with van der Waals surface area (Å²) in [4.78, 5) is 10.1. The molecule has 3 aromatic heterocycles. The SMILES string of the molecule is c1ccc2c(c1)oc1c(-c3ccc(-c4ccc(-c5cnc6c7ccccc7c7ccccc7c6n5)cc4)cc3)c3oc4ccccc4c3cc12. The highest BCUT2D eigenvalue weighted by molar-refractivity contribution is 6.24. The van der Waals surface area contributed by atoms with Gasteiger partial charge in [0, 0.05) is 37.9 Å². The minimum absolute atomic E-state index is 0.840. The van der Waals surface area contributed by atoms with Crippen molar-refractivity contribution < 1.29 is 8.83 Å². The number of furan rings is 2. The summed E-state index contributed by atoms with van der Waals surface area (Å²) in [6.45, 7) is 0. The maximum Gasteiger partial charge on any atom is 0.147 e. The Morgan fingerprint density at radius 3 is 1.36 bits per heavy atom. The quantitative estimate of drug-likeness (QED) is 0.181. The molecule has 0 saturated heterocycles. The van der Waals surface area contributed by atoms with E-state index in [-0.39, 0.29) is 0 Å². The Kier molecular flexibility index (Phi) is 5.63. The molecule has 3 heterocycles. The molecule has 4 heteroatoms. The molecular weight excluding hydrogens is 613 g/mol. The third-order valence-corrected chi connectivity index (χ3v) is 10.1. The van der Waals surface area contributed by atoms with E-state index in [1.807, 2.05) is 30.5 Å². The normalized spacial score (nSPS) is 12.0. The summed E-state index contributed by atoms with van der Waals surface area (Å²) in [6, 6.07) is 52.9. The number of benzene rings is 8. The lowest BCUT2D eigenvalue weighted by Gasteiger charge is -2.11. The van der Waals surface area contributed by atoms with Crippen molar-refractivity contribution >= 4 is 76.5 Å². The molecule has 0 fully saturated rings. The molecule has 0 radical (unpaired) electrons. The molecule has 0 amide bonds. The van der Waals surface area contributed by atoms with Crippen molar-refractivity contribution in [3.8, 4) is 33.5 Å². The highest BCUT2D eigenvalue weighted by Crippen LogP contribution is 2.44. The van der Waals surface area contributed by atoms with E-state index in [2.05, 4.69) is 127 Å². The maximum absolute atomic E-state index is 6.51. The van der Waals surface area contributed by atoms with Crippen LogP contribution in [0.5, 0.6) is 0 Å². The van der Waals surface area contributed by atoms with Crippen LogP contribution in [0.15, 0.2) is 167 Å². The summed E-state index contributed by atoms with van der Waals surface area (Å²) in [6.07, 6.45) is 1.89. The van der Waals surface area contributed by atoms with Gasteiger partial charge in [0.05, 0.1) is 28.5 Å². The van der Waals surface area contributed by atoms with Gasteiger partial charge in [-0.05, 0) is 45.7 Å². The van der Waals surface area contributed by atoms with E-state index in [0.717, 1.165) is 99.2 Å². The van der Waals surface area contributed by atoms with Crippen molar-refractivity contribution in [1.29, 1.82) is 0 Å². The minimum atomic E-state index is 0.840. The molecule has 0 atom stereocenters. The van der Waals surface area contributed by atoms with Gasteiger partial charge in [-0.2, -0.15) is 0 Å². The summed E-state index contributed by atoms with van der Waals surface area (Å²) < 4.78 is 13.0. The first-order valence-corrected chi connectivity index (χ1v) is 16.8. The number of hydrogen-bond donors (Lipinski definition) is 0. The van der Waals surface area contributed by atoms with Crippen molar-refractivity contribution in [2.45, 2.75) is 0 Å². The fraction of sp³-hybridized carbons (Fsp3) is 0. The van der Waals surface area contributed by atoms with Crippen molar-refractivity contribution in [2.75, 3.05) is 0 Å². The van der Waals surface area contributed by atoms with Gasteiger partial charge in [-0.1, -0.05) is 133 Å². The maximum atomic E-state index is 6.51. The second-order valence-electron chi connectivity index (χ2n) is 12.9. The second-order valence-corrected chi connectivity index (χ2v) is 12.9. The molecule has 0 spiro atoms. The Hall–Kier alpha value is -6.78. The van der Waals surface area contributed by atoms with Crippen LogP contribution in [0.25, 0.3) is 110 Å². The van der Waals surface area contributed by atoms with Crippen LogP contribution >= 0.6 is 0 Å². The number of hydrogen-bond acceptors (Lipinski definition) is 4. The summed E-state index contributed by atoms with van der Waals surface area (Å²) in [5.74, 6) is 0. The van der Waals surface area contributed by atoms with Crippen molar-refractivity contribution in [3.05, 3.63) is 158 Å². The highest BCUT2D eigenvalue weighted by atomic mass is 16.3. The van der Waals surface area contributed by atoms with Crippen molar-refractivity contribution in [1.82, 2.24) is 9.97 Å². The molecule has 0 bridgehead atoms. The number of nitrogens with zero attached hydrogens (tertiary/aromatic N) is 2. The molecule has 8 aromatic carbocycles. The van der Waals surface area contributed by atoms with Crippen LogP contribution in [-0.2, 0) is 0 Å². The number of fused-ring (bicyclic) bond motifs is 12. The van der Waals surface area contributed by atoms with Gasteiger partial charge < -0.3 is 8.83 Å². The van der Waals surface area contributed by atoms with Gasteiger partial charge in [-0.3, -0.25) is 4.98 Å². The smallest absolute Gasteiger partial charge is 0.147 e. The van der Waals surface area contributed by atoms with Gasteiger partial charge in [0.2, 0.25) is 0 Å². The van der Waals surface area contributed by atoms with E-state index in [9.17, 15) is 0 Å². The third kappa shape index (κ3) is 3.93. The predicted octanol–water partition coefficient (Wildman–Crippen LogP) is 12.7. The first-order valence-electron chi connectivity index (χ1n) is 16.8. The summed E-state index contributed by atoms with van der Waals surface area (Å²) >= 11 is 0. The fourth-order valence-electron chi connectivity index (χ4n) is 7.72. The molecular formula is C46H26N2O2. The van der Waals surface area contributed by atoms with E-state index < -0.39 is 0 Å². The Morgan fingerprint density at radius 2 is 0.800 bits per heavy atom. The van der Waals surface area contributed by atoms with Crippen LogP contribution in [0.1, 0.15) is 0 Å². The largest absolute Gasteiger partial charge is 0.455 e. The van der Waals surface area contributed by atoms with Crippen LogP contribution < -0.4 is 0 Å². The van der Waals surface area contributed by atoms with E-state index in [4.69, 9.17) is 18.8 Å². The standard InChI is InChI=1S/C46H26N2O2/c1-3-13-35-31(9-1)32-10-2-4-14-36(32)44-43(35)47-26-39(48-44)29-21-17-27(18-22-29)28-19-23-30(24-20-28)42-45-37(33-11-5-7-15-40(33)49-45)25-38-34-12-6-8-16-41(34)50-46(38)42/h1-26H. The van der Waals surface area contributed by atoms with Gasteiger partial charge in [0.1, 0.15) is 22.3 Å². The van der Waals surface area contributed by atoms with E-state index in [1.54, 1.807) is 0 Å². The van der Waals surface area contributed by atoms with Crippen LogP contribution in [0, 0.1) is 0 Å².